The molecule has 136 valence electrons. The summed E-state index contributed by atoms with van der Waals surface area (Å²) in [5.41, 5.74) is 2.10. The van der Waals surface area contributed by atoms with E-state index < -0.39 is 20.0 Å². The van der Waals surface area contributed by atoms with Crippen molar-refractivity contribution in [2.75, 3.05) is 4.72 Å². The molecule has 0 saturated heterocycles. The largest absolute Gasteiger partial charge is 0.280 e. The van der Waals surface area contributed by atoms with Gasteiger partial charge in [0.25, 0.3) is 10.0 Å². The lowest BCUT2D eigenvalue weighted by molar-refractivity contribution is 0.596. The molecule has 9 heteroatoms. The normalized spacial score (nSPS) is 12.2. The van der Waals surface area contributed by atoms with E-state index in [2.05, 4.69) is 9.71 Å². The monoisotopic (exact) mass is 391 g/mol. The lowest BCUT2D eigenvalue weighted by atomic mass is 10.2. The first-order valence-corrected chi connectivity index (χ1v) is 10.8. The zero-order valence-electron chi connectivity index (χ0n) is 13.9. The fourth-order valence-electron chi connectivity index (χ4n) is 2.57. The molecule has 0 spiro atoms. The van der Waals surface area contributed by atoms with Crippen LogP contribution < -0.4 is 9.86 Å². The third-order valence-corrected chi connectivity index (χ3v) is 5.82. The lowest BCUT2D eigenvalue weighted by Crippen LogP contribution is -2.15. The van der Waals surface area contributed by atoms with Crippen LogP contribution >= 0.6 is 0 Å². The molecule has 0 aliphatic carbocycles. The molecule has 3 aromatic rings. The van der Waals surface area contributed by atoms with E-state index >= 15 is 0 Å². The highest BCUT2D eigenvalue weighted by Crippen LogP contribution is 2.24. The maximum Gasteiger partial charge on any atom is 0.264 e. The van der Waals surface area contributed by atoms with Crippen molar-refractivity contribution in [3.05, 3.63) is 65.9 Å². The quantitative estimate of drug-likeness (QED) is 0.690. The van der Waals surface area contributed by atoms with Gasteiger partial charge in [-0.2, -0.15) is 0 Å². The van der Waals surface area contributed by atoms with Crippen molar-refractivity contribution < 1.29 is 16.8 Å². The van der Waals surface area contributed by atoms with Crippen LogP contribution in [0.1, 0.15) is 11.1 Å². The fourth-order valence-corrected chi connectivity index (χ4v) is 4.47. The molecule has 0 amide bonds. The number of pyridine rings is 1. The number of nitrogens with one attached hydrogen (secondary N) is 1. The van der Waals surface area contributed by atoms with Gasteiger partial charge < -0.3 is 0 Å². The first-order valence-electron chi connectivity index (χ1n) is 7.62. The predicted octanol–water partition coefficient (Wildman–Crippen LogP) is 2.13. The van der Waals surface area contributed by atoms with E-state index in [0.717, 1.165) is 10.9 Å². The zero-order valence-corrected chi connectivity index (χ0v) is 15.5. The third kappa shape index (κ3) is 4.18. The maximum absolute atomic E-state index is 12.7. The van der Waals surface area contributed by atoms with Crippen molar-refractivity contribution in [2.45, 2.75) is 17.6 Å². The fraction of sp³-hybridized carbons (Fsp3) is 0.118. The van der Waals surface area contributed by atoms with Crippen molar-refractivity contribution in [3.8, 4) is 0 Å². The Morgan fingerprint density at radius 2 is 1.73 bits per heavy atom. The number of nitrogens with two attached hydrogens (primary N) is 1. The Hall–Kier alpha value is -2.49. The summed E-state index contributed by atoms with van der Waals surface area (Å²) < 4.78 is 50.2. The number of para-hydroxylation sites is 1. The van der Waals surface area contributed by atoms with E-state index in [1.165, 1.54) is 30.3 Å². The minimum atomic E-state index is -3.86. The first-order chi connectivity index (χ1) is 12.1. The Morgan fingerprint density at radius 3 is 2.38 bits per heavy atom. The highest BCUT2D eigenvalue weighted by molar-refractivity contribution is 7.93. The van der Waals surface area contributed by atoms with Crippen LogP contribution in [0.5, 0.6) is 0 Å². The number of rotatable bonds is 5. The summed E-state index contributed by atoms with van der Waals surface area (Å²) in [5.74, 6) is -0.313. The molecule has 1 aromatic heterocycles. The first kappa shape index (κ1) is 18.3. The Balaban J connectivity index is 1.92. The van der Waals surface area contributed by atoms with Crippen LogP contribution in [0.4, 0.5) is 5.69 Å². The van der Waals surface area contributed by atoms with Gasteiger partial charge in [0.2, 0.25) is 10.0 Å². The van der Waals surface area contributed by atoms with Crippen molar-refractivity contribution in [3.63, 3.8) is 0 Å². The van der Waals surface area contributed by atoms with E-state index in [9.17, 15) is 16.8 Å². The second kappa shape index (κ2) is 6.67. The highest BCUT2D eigenvalue weighted by Gasteiger charge is 2.18. The van der Waals surface area contributed by atoms with E-state index in [-0.39, 0.29) is 10.6 Å². The van der Waals surface area contributed by atoms with Crippen molar-refractivity contribution in [1.29, 1.82) is 0 Å². The highest BCUT2D eigenvalue weighted by atomic mass is 32.2. The molecule has 0 unspecified atom stereocenters. The molecule has 0 atom stereocenters. The van der Waals surface area contributed by atoms with Crippen LogP contribution in [0.2, 0.25) is 0 Å². The summed E-state index contributed by atoms with van der Waals surface area (Å²) >= 11 is 0. The van der Waals surface area contributed by atoms with Gasteiger partial charge in [-0.3, -0.25) is 9.71 Å². The molecule has 3 N–H and O–H groups in total. The number of aryl methyl sites for hydroxylation is 1. The Bertz CT molecular complexity index is 1170. The SMILES string of the molecule is Cc1cnc2c(S(=O)(=O)Nc3ccc(CS(N)(=O)=O)cc3)cccc2c1. The second-order valence-electron chi connectivity index (χ2n) is 5.95. The van der Waals surface area contributed by atoms with Crippen LogP contribution in [-0.2, 0) is 25.8 Å². The molecular formula is C17H17N3O4S2. The molecule has 0 aliphatic heterocycles. The molecule has 0 fully saturated rings. The number of hydrogen-bond acceptors (Lipinski definition) is 5. The van der Waals surface area contributed by atoms with Gasteiger partial charge in [0.05, 0.1) is 11.3 Å². The van der Waals surface area contributed by atoms with Crippen molar-refractivity contribution in [1.82, 2.24) is 4.98 Å². The number of fused-ring (bicyclic) bond motifs is 1. The predicted molar refractivity (Wildman–Crippen MR) is 101 cm³/mol. The number of hydrogen-bond donors (Lipinski definition) is 2. The number of aromatic nitrogens is 1. The summed E-state index contributed by atoms with van der Waals surface area (Å²) in [7, 11) is -7.50. The zero-order chi connectivity index (χ0) is 18.9. The Labute approximate surface area is 152 Å². The standard InChI is InChI=1S/C17H17N3O4S2/c1-12-9-14-3-2-4-16(17(14)19-10-12)26(23,24)20-15-7-5-13(6-8-15)11-25(18,21)22/h2-10,20H,11H2,1H3,(H2,18,21,22). The summed E-state index contributed by atoms with van der Waals surface area (Å²) in [6.45, 7) is 1.88. The molecule has 0 bridgehead atoms. The van der Waals surface area contributed by atoms with Crippen LogP contribution in [0.15, 0.2) is 59.6 Å². The van der Waals surface area contributed by atoms with Gasteiger partial charge in [0.15, 0.2) is 0 Å². The molecule has 0 aliphatic rings. The molecule has 2 aromatic carbocycles. The molecular weight excluding hydrogens is 374 g/mol. The van der Waals surface area contributed by atoms with Crippen LogP contribution in [0, 0.1) is 6.92 Å². The minimum Gasteiger partial charge on any atom is -0.280 e. The van der Waals surface area contributed by atoms with Gasteiger partial charge >= 0.3 is 0 Å². The van der Waals surface area contributed by atoms with Crippen LogP contribution in [0.25, 0.3) is 10.9 Å². The molecule has 7 nitrogen and oxygen atoms in total. The van der Waals surface area contributed by atoms with Gasteiger partial charge in [-0.05, 0) is 42.3 Å². The number of primary sulfonamides is 1. The summed E-state index contributed by atoms with van der Waals surface area (Å²) in [4.78, 5) is 4.32. The lowest BCUT2D eigenvalue weighted by Gasteiger charge is -2.11. The number of anilines is 1. The van der Waals surface area contributed by atoms with Gasteiger partial charge in [0.1, 0.15) is 4.90 Å². The van der Waals surface area contributed by atoms with Crippen LogP contribution in [0.3, 0.4) is 0 Å². The van der Waals surface area contributed by atoms with E-state index in [1.807, 2.05) is 13.0 Å². The topological polar surface area (TPSA) is 119 Å². The van der Waals surface area contributed by atoms with E-state index in [1.54, 1.807) is 18.3 Å². The number of benzene rings is 2. The average Bonchev–Trinajstić information content (AvgIpc) is 2.54. The summed E-state index contributed by atoms with van der Waals surface area (Å²) in [6, 6.07) is 12.8. The number of sulfonamides is 2. The second-order valence-corrected chi connectivity index (χ2v) is 9.22. The summed E-state index contributed by atoms with van der Waals surface area (Å²) in [5, 5.41) is 5.73. The third-order valence-electron chi connectivity index (χ3n) is 3.67. The van der Waals surface area contributed by atoms with Crippen LogP contribution in [-0.4, -0.2) is 21.8 Å². The van der Waals surface area contributed by atoms with E-state index in [4.69, 9.17) is 5.14 Å². The van der Waals surface area contributed by atoms with Gasteiger partial charge in [-0.25, -0.2) is 22.0 Å². The smallest absolute Gasteiger partial charge is 0.264 e. The van der Waals surface area contributed by atoms with Gasteiger partial charge in [-0.1, -0.05) is 24.3 Å². The maximum atomic E-state index is 12.7. The number of nitrogens with zero attached hydrogens (tertiary/aromatic N) is 1. The van der Waals surface area contributed by atoms with Crippen molar-refractivity contribution >= 4 is 36.6 Å². The molecule has 0 saturated carbocycles. The molecule has 26 heavy (non-hydrogen) atoms. The molecule has 0 radical (unpaired) electrons. The average molecular weight is 391 g/mol. The van der Waals surface area contributed by atoms with Crippen molar-refractivity contribution in [2.24, 2.45) is 5.14 Å². The molecule has 1 heterocycles. The Morgan fingerprint density at radius 1 is 1.04 bits per heavy atom. The van der Waals surface area contributed by atoms with Gasteiger partial charge in [0, 0.05) is 17.3 Å². The van der Waals surface area contributed by atoms with E-state index in [0.29, 0.717) is 16.8 Å². The Kier molecular flexibility index (Phi) is 4.70. The summed E-state index contributed by atoms with van der Waals surface area (Å²) in [6.07, 6.45) is 1.61. The minimum absolute atomic E-state index is 0.0728. The van der Waals surface area contributed by atoms with Gasteiger partial charge in [-0.15, -0.1) is 0 Å². The molecule has 3 rings (SSSR count).